The number of aliphatic imine (C=N–C) groups is 1. The molecular formula is C19H28N4O2. The fourth-order valence-electron chi connectivity index (χ4n) is 3.47. The van der Waals surface area contributed by atoms with Gasteiger partial charge in [-0.2, -0.15) is 0 Å². The van der Waals surface area contributed by atoms with Crippen LogP contribution < -0.4 is 16.2 Å². The maximum Gasteiger partial charge on any atom is 0.408 e. The van der Waals surface area contributed by atoms with Gasteiger partial charge in [-0.1, -0.05) is 42.7 Å². The lowest BCUT2D eigenvalue weighted by molar-refractivity contribution is 0.0485. The Kier molecular flexibility index (Phi) is 4.73. The van der Waals surface area contributed by atoms with Crippen molar-refractivity contribution >= 4 is 11.9 Å². The van der Waals surface area contributed by atoms with Gasteiger partial charge in [-0.25, -0.2) is 15.2 Å². The second kappa shape index (κ2) is 6.67. The quantitative estimate of drug-likeness (QED) is 0.786. The third-order valence-electron chi connectivity index (χ3n) is 4.59. The van der Waals surface area contributed by atoms with Gasteiger partial charge in [-0.15, -0.1) is 0 Å². The van der Waals surface area contributed by atoms with Gasteiger partial charge in [0, 0.05) is 0 Å². The summed E-state index contributed by atoms with van der Waals surface area (Å²) in [6, 6.07) is 8.28. The number of carbonyl (C=O) groups is 1. The van der Waals surface area contributed by atoms with Crippen LogP contribution in [0.2, 0.25) is 0 Å². The van der Waals surface area contributed by atoms with E-state index >= 15 is 0 Å². The van der Waals surface area contributed by atoms with Gasteiger partial charge in [0.2, 0.25) is 0 Å². The van der Waals surface area contributed by atoms with E-state index in [4.69, 9.17) is 9.73 Å². The number of carbonyl (C=O) groups excluding carboxylic acids is 1. The molecule has 0 spiro atoms. The Balaban J connectivity index is 1.79. The minimum atomic E-state index is -0.517. The van der Waals surface area contributed by atoms with E-state index in [-0.39, 0.29) is 6.17 Å². The summed E-state index contributed by atoms with van der Waals surface area (Å²) < 4.78 is 5.46. The van der Waals surface area contributed by atoms with Crippen molar-refractivity contribution < 1.29 is 9.53 Å². The third kappa shape index (κ3) is 4.12. The van der Waals surface area contributed by atoms with Crippen LogP contribution in [0.4, 0.5) is 4.79 Å². The van der Waals surface area contributed by atoms with E-state index < -0.39 is 17.2 Å². The summed E-state index contributed by atoms with van der Waals surface area (Å²) in [7, 11) is 0. The summed E-state index contributed by atoms with van der Waals surface area (Å²) in [6.45, 7) is 7.68. The van der Waals surface area contributed by atoms with Crippen molar-refractivity contribution in [1.82, 2.24) is 16.2 Å². The molecule has 1 unspecified atom stereocenters. The van der Waals surface area contributed by atoms with Crippen molar-refractivity contribution in [2.45, 2.75) is 70.7 Å². The first kappa shape index (κ1) is 17.7. The molecule has 0 bridgehead atoms. The number of hydrogen-bond donors (Lipinski definition) is 3. The smallest absolute Gasteiger partial charge is 0.408 e. The first-order valence-electron chi connectivity index (χ1n) is 8.95. The molecule has 1 atom stereocenters. The van der Waals surface area contributed by atoms with E-state index in [0.29, 0.717) is 0 Å². The van der Waals surface area contributed by atoms with Crippen molar-refractivity contribution in [1.29, 1.82) is 0 Å². The second-order valence-corrected chi connectivity index (χ2v) is 7.98. The highest BCUT2D eigenvalue weighted by molar-refractivity contribution is 5.95. The number of amidine groups is 1. The molecule has 0 aromatic heterocycles. The fraction of sp³-hybridized carbons (Fsp3) is 0.579. The van der Waals surface area contributed by atoms with E-state index in [1.807, 2.05) is 26.8 Å². The number of nitrogens with zero attached hydrogens (tertiary/aromatic N) is 1. The van der Waals surface area contributed by atoms with E-state index in [9.17, 15) is 4.79 Å². The number of rotatable bonds is 3. The molecule has 1 saturated carbocycles. The maximum atomic E-state index is 12.3. The number of ether oxygens (including phenoxy) is 1. The average Bonchev–Trinajstić information content (AvgIpc) is 3.14. The summed E-state index contributed by atoms with van der Waals surface area (Å²) in [4.78, 5) is 17.2. The van der Waals surface area contributed by atoms with Crippen molar-refractivity contribution in [3.63, 3.8) is 0 Å². The number of hydrazine groups is 1. The molecule has 1 aliphatic carbocycles. The zero-order valence-corrected chi connectivity index (χ0v) is 15.5. The Morgan fingerprint density at radius 3 is 2.68 bits per heavy atom. The van der Waals surface area contributed by atoms with Crippen LogP contribution >= 0.6 is 0 Å². The van der Waals surface area contributed by atoms with Crippen LogP contribution in [-0.2, 0) is 4.74 Å². The fourth-order valence-corrected chi connectivity index (χ4v) is 3.47. The van der Waals surface area contributed by atoms with Crippen LogP contribution in [0, 0.1) is 6.92 Å². The monoisotopic (exact) mass is 344 g/mol. The summed E-state index contributed by atoms with van der Waals surface area (Å²) in [5, 5.41) is 3.08. The second-order valence-electron chi connectivity index (χ2n) is 7.98. The van der Waals surface area contributed by atoms with Gasteiger partial charge in [0.05, 0.1) is 0 Å². The van der Waals surface area contributed by atoms with Gasteiger partial charge in [0.1, 0.15) is 23.1 Å². The molecule has 1 heterocycles. The van der Waals surface area contributed by atoms with Gasteiger partial charge < -0.3 is 15.5 Å². The summed E-state index contributed by atoms with van der Waals surface area (Å²) in [6.07, 6.45) is 3.31. The van der Waals surface area contributed by atoms with Crippen LogP contribution in [0.1, 0.15) is 63.7 Å². The minimum absolute atomic E-state index is 0.146. The van der Waals surface area contributed by atoms with E-state index in [2.05, 4.69) is 41.3 Å². The van der Waals surface area contributed by atoms with Crippen molar-refractivity contribution in [3.05, 3.63) is 35.4 Å². The van der Waals surface area contributed by atoms with Gasteiger partial charge in [0.15, 0.2) is 0 Å². The van der Waals surface area contributed by atoms with Crippen LogP contribution in [-0.4, -0.2) is 23.1 Å². The highest BCUT2D eigenvalue weighted by Crippen LogP contribution is 2.33. The van der Waals surface area contributed by atoms with Gasteiger partial charge >= 0.3 is 6.09 Å². The molecule has 0 saturated heterocycles. The molecule has 1 aromatic rings. The van der Waals surface area contributed by atoms with Crippen LogP contribution in [0.3, 0.4) is 0 Å². The first-order valence-corrected chi connectivity index (χ1v) is 8.95. The van der Waals surface area contributed by atoms with Gasteiger partial charge in [0.25, 0.3) is 0 Å². The largest absolute Gasteiger partial charge is 0.444 e. The minimum Gasteiger partial charge on any atom is -0.444 e. The number of amides is 1. The third-order valence-corrected chi connectivity index (χ3v) is 4.59. The summed E-state index contributed by atoms with van der Waals surface area (Å²) in [5.41, 5.74) is 7.74. The zero-order chi connectivity index (χ0) is 18.1. The number of hydrogen-bond acceptors (Lipinski definition) is 5. The zero-order valence-electron chi connectivity index (χ0n) is 15.5. The van der Waals surface area contributed by atoms with Crippen molar-refractivity contribution in [2.75, 3.05) is 0 Å². The molecule has 3 rings (SSSR count). The molecule has 1 fully saturated rings. The lowest BCUT2D eigenvalue weighted by Gasteiger charge is -2.31. The number of aryl methyl sites for hydroxylation is 1. The standard InChI is InChI=1S/C19H28N4O2/c1-13-8-7-9-14(12-13)15-20-16(23-22-15)19(10-5-6-11-19)21-17(24)25-18(2,3)4/h7-9,12,15,22H,5-6,10-11H2,1-4H3,(H,20,23)(H,21,24). The molecule has 6 heteroatoms. The molecule has 25 heavy (non-hydrogen) atoms. The van der Waals surface area contributed by atoms with Crippen LogP contribution in [0.25, 0.3) is 0 Å². The molecule has 0 radical (unpaired) electrons. The molecule has 3 N–H and O–H groups in total. The SMILES string of the molecule is Cc1cccc(C2N=C(C3(NC(=O)OC(C)(C)C)CCCC3)NN2)c1. The van der Waals surface area contributed by atoms with Crippen molar-refractivity contribution in [3.8, 4) is 0 Å². The Labute approximate surface area is 149 Å². The number of nitrogens with one attached hydrogen (secondary N) is 3. The molecule has 136 valence electrons. The molecule has 2 aliphatic rings. The van der Waals surface area contributed by atoms with E-state index in [0.717, 1.165) is 37.1 Å². The van der Waals surface area contributed by atoms with Crippen LogP contribution in [0.5, 0.6) is 0 Å². The Hall–Kier alpha value is -2.08. The molecule has 1 aliphatic heterocycles. The number of alkyl carbamates (subject to hydrolysis) is 1. The maximum absolute atomic E-state index is 12.3. The Morgan fingerprint density at radius 2 is 2.04 bits per heavy atom. The van der Waals surface area contributed by atoms with E-state index in [1.54, 1.807) is 0 Å². The predicted molar refractivity (Wildman–Crippen MR) is 98.2 cm³/mol. The summed E-state index contributed by atoms with van der Waals surface area (Å²) in [5.74, 6) is 0.794. The Morgan fingerprint density at radius 1 is 1.32 bits per heavy atom. The lowest BCUT2D eigenvalue weighted by atomic mass is 9.96. The van der Waals surface area contributed by atoms with Gasteiger partial charge in [-0.05, 0) is 46.1 Å². The van der Waals surface area contributed by atoms with Crippen molar-refractivity contribution in [2.24, 2.45) is 4.99 Å². The lowest BCUT2D eigenvalue weighted by Crippen LogP contribution is -2.58. The summed E-state index contributed by atoms with van der Waals surface area (Å²) >= 11 is 0. The molecule has 1 aromatic carbocycles. The highest BCUT2D eigenvalue weighted by atomic mass is 16.6. The molecular weight excluding hydrogens is 316 g/mol. The topological polar surface area (TPSA) is 74.8 Å². The molecule has 6 nitrogen and oxygen atoms in total. The predicted octanol–water partition coefficient (Wildman–Crippen LogP) is 3.34. The average molecular weight is 344 g/mol. The number of benzene rings is 1. The normalized spacial score (nSPS) is 22.2. The highest BCUT2D eigenvalue weighted by Gasteiger charge is 2.43. The van der Waals surface area contributed by atoms with E-state index in [1.165, 1.54) is 5.56 Å². The van der Waals surface area contributed by atoms with Gasteiger partial charge in [-0.3, -0.25) is 0 Å². The van der Waals surface area contributed by atoms with Crippen LogP contribution in [0.15, 0.2) is 29.3 Å². The molecule has 1 amide bonds. The first-order chi connectivity index (χ1) is 11.8. The Bertz CT molecular complexity index is 672.